The zero-order valence-corrected chi connectivity index (χ0v) is 13.5. The Hall–Kier alpha value is -2.71. The van der Waals surface area contributed by atoms with Crippen LogP contribution in [0.3, 0.4) is 0 Å². The Labute approximate surface area is 142 Å². The second kappa shape index (κ2) is 7.04. The van der Waals surface area contributed by atoms with Gasteiger partial charge in [-0.1, -0.05) is 18.2 Å². The van der Waals surface area contributed by atoms with Gasteiger partial charge in [0.1, 0.15) is 18.9 Å². The van der Waals surface area contributed by atoms with Crippen LogP contribution in [0.1, 0.15) is 28.6 Å². The minimum atomic E-state index is -0.896. The van der Waals surface area contributed by atoms with Gasteiger partial charge in [-0.25, -0.2) is 9.59 Å². The van der Waals surface area contributed by atoms with Crippen molar-refractivity contribution in [3.05, 3.63) is 68.5 Å². The number of carbonyl (C=O) groups excluding carboxylic acids is 1. The van der Waals surface area contributed by atoms with Gasteiger partial charge in [-0.3, -0.25) is 14.3 Å². The van der Waals surface area contributed by atoms with Crippen molar-refractivity contribution >= 4 is 5.97 Å². The van der Waals surface area contributed by atoms with E-state index in [1.165, 1.54) is 10.8 Å². The first-order valence-electron chi connectivity index (χ1n) is 7.83. The van der Waals surface area contributed by atoms with Crippen LogP contribution >= 0.6 is 0 Å². The summed E-state index contributed by atoms with van der Waals surface area (Å²) in [4.78, 5) is 37.5. The van der Waals surface area contributed by atoms with Crippen molar-refractivity contribution in [3.8, 4) is 0 Å². The summed E-state index contributed by atoms with van der Waals surface area (Å²) in [6.07, 6.45) is -0.849. The Morgan fingerprint density at radius 3 is 2.80 bits per heavy atom. The van der Waals surface area contributed by atoms with Crippen molar-refractivity contribution in [2.24, 2.45) is 0 Å². The molecule has 1 aromatic heterocycles. The van der Waals surface area contributed by atoms with E-state index in [9.17, 15) is 19.5 Å². The van der Waals surface area contributed by atoms with Crippen LogP contribution in [0.2, 0.25) is 0 Å². The van der Waals surface area contributed by atoms with Crippen LogP contribution in [-0.2, 0) is 9.47 Å². The van der Waals surface area contributed by atoms with E-state index in [1.807, 2.05) is 0 Å². The first-order valence-corrected chi connectivity index (χ1v) is 7.83. The molecule has 1 saturated heterocycles. The zero-order valence-electron chi connectivity index (χ0n) is 13.5. The van der Waals surface area contributed by atoms with Crippen LogP contribution in [0.25, 0.3) is 0 Å². The van der Waals surface area contributed by atoms with Gasteiger partial charge in [0, 0.05) is 18.2 Å². The average Bonchev–Trinajstić information content (AvgIpc) is 2.97. The third-order valence-electron chi connectivity index (χ3n) is 4.05. The Kier molecular flexibility index (Phi) is 4.82. The number of nitrogens with zero attached hydrogens (tertiary/aromatic N) is 1. The van der Waals surface area contributed by atoms with Gasteiger partial charge >= 0.3 is 11.7 Å². The summed E-state index contributed by atoms with van der Waals surface area (Å²) >= 11 is 0. The number of nitrogens with one attached hydrogen (secondary N) is 1. The van der Waals surface area contributed by atoms with E-state index in [0.717, 1.165) is 0 Å². The maximum absolute atomic E-state index is 11.9. The lowest BCUT2D eigenvalue weighted by atomic mass is 10.2. The highest BCUT2D eigenvalue weighted by Crippen LogP contribution is 2.27. The molecule has 1 aliphatic heterocycles. The molecule has 1 aliphatic rings. The van der Waals surface area contributed by atoms with E-state index in [0.29, 0.717) is 11.1 Å². The second-order valence-corrected chi connectivity index (χ2v) is 5.88. The smallest absolute Gasteiger partial charge is 0.338 e. The molecule has 8 heteroatoms. The maximum atomic E-state index is 11.9. The summed E-state index contributed by atoms with van der Waals surface area (Å²) in [5.74, 6) is -0.517. The number of carbonyl (C=O) groups is 1. The van der Waals surface area contributed by atoms with Gasteiger partial charge in [-0.2, -0.15) is 0 Å². The molecule has 0 aliphatic carbocycles. The van der Waals surface area contributed by atoms with E-state index in [1.54, 1.807) is 37.3 Å². The number of benzene rings is 1. The molecule has 1 aromatic carbocycles. The molecule has 0 radical (unpaired) electrons. The monoisotopic (exact) mass is 346 g/mol. The Morgan fingerprint density at radius 1 is 1.36 bits per heavy atom. The molecule has 2 aromatic rings. The highest BCUT2D eigenvalue weighted by Gasteiger charge is 2.36. The van der Waals surface area contributed by atoms with Gasteiger partial charge in [0.05, 0.1) is 11.7 Å². The molecule has 8 nitrogen and oxygen atoms in total. The number of aromatic amines is 1. The quantitative estimate of drug-likeness (QED) is 0.773. The normalized spacial score (nSPS) is 22.7. The summed E-state index contributed by atoms with van der Waals surface area (Å²) in [7, 11) is 0. The van der Waals surface area contributed by atoms with Crippen molar-refractivity contribution in [2.75, 3.05) is 6.61 Å². The summed E-state index contributed by atoms with van der Waals surface area (Å²) < 4.78 is 12.0. The molecule has 0 unspecified atom stereocenters. The molecular weight excluding hydrogens is 328 g/mol. The zero-order chi connectivity index (χ0) is 18.0. The summed E-state index contributed by atoms with van der Waals surface area (Å²) in [5, 5.41) is 10.1. The molecule has 2 heterocycles. The van der Waals surface area contributed by atoms with Crippen molar-refractivity contribution in [1.29, 1.82) is 0 Å². The van der Waals surface area contributed by atoms with Crippen LogP contribution in [0.15, 0.2) is 46.1 Å². The molecule has 0 saturated carbocycles. The van der Waals surface area contributed by atoms with Gasteiger partial charge in [0.25, 0.3) is 5.56 Å². The van der Waals surface area contributed by atoms with Crippen molar-refractivity contribution in [3.63, 3.8) is 0 Å². The lowest BCUT2D eigenvalue weighted by Crippen LogP contribution is -2.33. The Morgan fingerprint density at radius 2 is 2.08 bits per heavy atom. The van der Waals surface area contributed by atoms with Gasteiger partial charge in [0.15, 0.2) is 0 Å². The molecule has 2 N–H and O–H groups in total. The highest BCUT2D eigenvalue weighted by molar-refractivity contribution is 5.89. The molecule has 3 rings (SSSR count). The predicted molar refractivity (Wildman–Crippen MR) is 87.3 cm³/mol. The number of H-pyrrole nitrogens is 1. The third-order valence-corrected chi connectivity index (χ3v) is 4.05. The van der Waals surface area contributed by atoms with Crippen molar-refractivity contribution in [2.45, 2.75) is 31.8 Å². The second-order valence-electron chi connectivity index (χ2n) is 5.88. The van der Waals surface area contributed by atoms with E-state index in [4.69, 9.17) is 9.47 Å². The first-order chi connectivity index (χ1) is 12.0. The largest absolute Gasteiger partial charge is 0.459 e. The molecule has 3 atom stereocenters. The van der Waals surface area contributed by atoms with E-state index in [-0.39, 0.29) is 13.0 Å². The number of hydrogen-bond donors (Lipinski definition) is 2. The molecular formula is C17H18N2O6. The lowest BCUT2D eigenvalue weighted by molar-refractivity contribution is -0.0532. The Bertz CT molecular complexity index is 873. The minimum absolute atomic E-state index is 0.136. The fourth-order valence-corrected chi connectivity index (χ4v) is 2.65. The number of aryl methyl sites for hydroxylation is 1. The summed E-state index contributed by atoms with van der Waals surface area (Å²) in [6, 6.07) is 8.48. The molecule has 1 fully saturated rings. The van der Waals surface area contributed by atoms with E-state index in [2.05, 4.69) is 4.98 Å². The van der Waals surface area contributed by atoms with Gasteiger partial charge < -0.3 is 14.6 Å². The molecule has 132 valence electrons. The highest BCUT2D eigenvalue weighted by atomic mass is 16.6. The number of aliphatic hydroxyl groups is 1. The maximum Gasteiger partial charge on any atom is 0.338 e. The SMILES string of the molecule is Cc1cn([C@@H]2C[C@H](O)[C@@H](COC(=O)c3ccccc3)O2)c(=O)[nH]c1=O. The van der Waals surface area contributed by atoms with Gasteiger partial charge in [0.2, 0.25) is 0 Å². The summed E-state index contributed by atoms with van der Waals surface area (Å²) in [6.45, 7) is 1.43. The van der Waals surface area contributed by atoms with Crippen LogP contribution in [0, 0.1) is 6.92 Å². The standard InChI is InChI=1S/C17H18N2O6/c1-10-8-19(17(23)18-15(10)21)14-7-12(20)13(25-14)9-24-16(22)11-5-3-2-4-6-11/h2-6,8,12-14,20H,7,9H2,1H3,(H,18,21,23)/t12-,13+,14-/m0/s1. The topological polar surface area (TPSA) is 111 Å². The number of hydrogen-bond acceptors (Lipinski definition) is 6. The number of esters is 1. The number of aromatic nitrogens is 2. The average molecular weight is 346 g/mol. The number of aliphatic hydroxyl groups excluding tert-OH is 1. The van der Waals surface area contributed by atoms with Crippen LogP contribution in [0.4, 0.5) is 0 Å². The lowest BCUT2D eigenvalue weighted by Gasteiger charge is -2.16. The van der Waals surface area contributed by atoms with Crippen molar-refractivity contribution < 1.29 is 19.4 Å². The molecule has 0 bridgehead atoms. The van der Waals surface area contributed by atoms with E-state index >= 15 is 0 Å². The molecule has 25 heavy (non-hydrogen) atoms. The number of ether oxygens (including phenoxy) is 2. The summed E-state index contributed by atoms with van der Waals surface area (Å²) in [5.41, 5.74) is -0.321. The van der Waals surface area contributed by atoms with E-state index < -0.39 is 35.7 Å². The van der Waals surface area contributed by atoms with Gasteiger partial charge in [-0.15, -0.1) is 0 Å². The predicted octanol–water partition coefficient (Wildman–Crippen LogP) is 0.350. The first kappa shape index (κ1) is 17.1. The van der Waals surface area contributed by atoms with Crippen LogP contribution in [0.5, 0.6) is 0 Å². The fraction of sp³-hybridized carbons (Fsp3) is 0.353. The number of rotatable bonds is 4. The van der Waals surface area contributed by atoms with Gasteiger partial charge in [-0.05, 0) is 19.1 Å². The molecule has 0 spiro atoms. The fourth-order valence-electron chi connectivity index (χ4n) is 2.65. The van der Waals surface area contributed by atoms with Crippen molar-refractivity contribution in [1.82, 2.24) is 9.55 Å². The Balaban J connectivity index is 1.66. The minimum Gasteiger partial charge on any atom is -0.459 e. The van der Waals surface area contributed by atoms with Crippen LogP contribution in [-0.4, -0.2) is 39.4 Å². The molecule has 0 amide bonds. The third kappa shape index (κ3) is 3.70. The van der Waals surface area contributed by atoms with Crippen LogP contribution < -0.4 is 11.2 Å².